The van der Waals surface area contributed by atoms with Crippen molar-refractivity contribution in [3.63, 3.8) is 0 Å². The summed E-state index contributed by atoms with van der Waals surface area (Å²) in [4.78, 5) is 3.75. The molecule has 0 radical (unpaired) electrons. The van der Waals surface area contributed by atoms with Gasteiger partial charge >= 0.3 is 6.43 Å². The fourth-order valence-electron chi connectivity index (χ4n) is 2.63. The minimum Gasteiger partial charge on any atom is -0.480 e. The van der Waals surface area contributed by atoms with Crippen molar-refractivity contribution < 1.29 is 22.8 Å². The molecular weight excluding hydrogens is 370 g/mol. The van der Waals surface area contributed by atoms with Crippen molar-refractivity contribution in [2.24, 2.45) is 0 Å². The number of methoxy groups -OCH3 is 1. The Bertz CT molecular complexity index is 949. The molecule has 28 heavy (non-hydrogen) atoms. The highest BCUT2D eigenvalue weighted by Crippen LogP contribution is 2.30. The number of allylic oxidation sites excluding steroid dienone is 1. The minimum absolute atomic E-state index is 0.130. The van der Waals surface area contributed by atoms with E-state index in [0.717, 1.165) is 16.8 Å². The van der Waals surface area contributed by atoms with Gasteiger partial charge in [-0.3, -0.25) is 0 Å². The predicted octanol–water partition coefficient (Wildman–Crippen LogP) is 4.22. The molecule has 1 aromatic carbocycles. The molecular formula is C19H18F2N4O3. The number of nitrogens with zero attached hydrogens (tertiary/aromatic N) is 4. The van der Waals surface area contributed by atoms with Crippen LogP contribution in [0.1, 0.15) is 29.1 Å². The van der Waals surface area contributed by atoms with Gasteiger partial charge in [0.25, 0.3) is 5.89 Å². The molecule has 146 valence electrons. The van der Waals surface area contributed by atoms with Crippen LogP contribution >= 0.6 is 0 Å². The highest BCUT2D eigenvalue weighted by atomic mass is 19.3. The number of hydrogen-bond acceptors (Lipinski definition) is 7. The van der Waals surface area contributed by atoms with Crippen LogP contribution in [-0.2, 0) is 6.42 Å². The molecule has 0 atom stereocenters. The maximum Gasteiger partial charge on any atom is 0.315 e. The third-order valence-corrected chi connectivity index (χ3v) is 3.89. The van der Waals surface area contributed by atoms with Crippen molar-refractivity contribution >= 4 is 0 Å². The van der Waals surface area contributed by atoms with E-state index in [4.69, 9.17) is 9.47 Å². The number of hydrogen-bond donors (Lipinski definition) is 0. The second kappa shape index (κ2) is 8.55. The third-order valence-electron chi connectivity index (χ3n) is 3.89. The summed E-state index contributed by atoms with van der Waals surface area (Å²) in [6.45, 7) is 3.65. The van der Waals surface area contributed by atoms with Crippen molar-refractivity contribution in [3.05, 3.63) is 59.3 Å². The van der Waals surface area contributed by atoms with Crippen LogP contribution < -0.4 is 9.47 Å². The van der Waals surface area contributed by atoms with Crippen LogP contribution in [0.3, 0.4) is 0 Å². The summed E-state index contributed by atoms with van der Waals surface area (Å²) in [5.41, 5.74) is 2.98. The van der Waals surface area contributed by atoms with Gasteiger partial charge in [-0.2, -0.15) is 18.9 Å². The largest absolute Gasteiger partial charge is 0.480 e. The maximum absolute atomic E-state index is 12.7. The molecule has 0 N–H and O–H groups in total. The van der Waals surface area contributed by atoms with Gasteiger partial charge in [-0.25, -0.2) is 0 Å². The Morgan fingerprint density at radius 1 is 1.14 bits per heavy atom. The van der Waals surface area contributed by atoms with Gasteiger partial charge in [-0.05, 0) is 49.2 Å². The van der Waals surface area contributed by atoms with Crippen molar-refractivity contribution in [2.75, 3.05) is 7.11 Å². The Kier molecular flexibility index (Phi) is 5.93. The van der Waals surface area contributed by atoms with Crippen LogP contribution in [0.15, 0.2) is 41.1 Å². The fourth-order valence-corrected chi connectivity index (χ4v) is 2.63. The summed E-state index contributed by atoms with van der Waals surface area (Å²) < 4.78 is 40.5. The lowest BCUT2D eigenvalue weighted by atomic mass is 10.0. The fraction of sp³-hybridized carbons (Fsp3) is 0.263. The summed E-state index contributed by atoms with van der Waals surface area (Å²) in [5.74, 6) is 0.495. The first-order valence-electron chi connectivity index (χ1n) is 8.39. The van der Waals surface area contributed by atoms with Gasteiger partial charge in [0.1, 0.15) is 5.75 Å². The number of halogens is 2. The predicted molar refractivity (Wildman–Crippen MR) is 96.2 cm³/mol. The van der Waals surface area contributed by atoms with E-state index >= 15 is 0 Å². The lowest BCUT2D eigenvalue weighted by Crippen LogP contribution is -1.95. The molecule has 0 spiro atoms. The topological polar surface area (TPSA) is 83.2 Å². The van der Waals surface area contributed by atoms with E-state index < -0.39 is 12.3 Å². The molecule has 0 unspecified atom stereocenters. The highest BCUT2D eigenvalue weighted by molar-refractivity contribution is 5.65. The first kappa shape index (κ1) is 19.4. The Labute approximate surface area is 160 Å². The van der Waals surface area contributed by atoms with E-state index in [1.165, 1.54) is 7.11 Å². The second-order valence-corrected chi connectivity index (χ2v) is 5.95. The number of ether oxygens (including phenoxy) is 2. The number of aromatic nitrogens is 4. The Morgan fingerprint density at radius 3 is 2.46 bits per heavy atom. The zero-order valence-electron chi connectivity index (χ0n) is 15.5. The Balaban J connectivity index is 1.67. The van der Waals surface area contributed by atoms with Crippen LogP contribution in [0.5, 0.6) is 11.6 Å². The van der Waals surface area contributed by atoms with Gasteiger partial charge in [-0.15, -0.1) is 5.10 Å². The molecule has 0 aliphatic heterocycles. The molecule has 3 rings (SSSR count). The van der Waals surface area contributed by atoms with E-state index in [1.54, 1.807) is 24.5 Å². The summed E-state index contributed by atoms with van der Waals surface area (Å²) in [5, 5.41) is 11.6. The average molecular weight is 388 g/mol. The summed E-state index contributed by atoms with van der Waals surface area (Å²) in [6, 6.07) is 7.11. The van der Waals surface area contributed by atoms with E-state index in [9.17, 15) is 8.78 Å². The Morgan fingerprint density at radius 2 is 1.89 bits per heavy atom. The van der Waals surface area contributed by atoms with Gasteiger partial charge in [0.2, 0.25) is 11.7 Å². The minimum atomic E-state index is -2.80. The molecule has 2 aromatic heterocycles. The van der Waals surface area contributed by atoms with E-state index in [1.807, 2.05) is 26.0 Å². The van der Waals surface area contributed by atoms with Crippen LogP contribution in [-0.4, -0.2) is 27.4 Å². The molecule has 0 amide bonds. The van der Waals surface area contributed by atoms with Gasteiger partial charge < -0.3 is 14.0 Å². The molecule has 0 aliphatic rings. The lowest BCUT2D eigenvalue weighted by molar-refractivity contribution is 0.106. The third kappa shape index (κ3) is 4.48. The van der Waals surface area contributed by atoms with Gasteiger partial charge in [-0.1, -0.05) is 5.16 Å². The summed E-state index contributed by atoms with van der Waals surface area (Å²) in [7, 11) is 1.53. The van der Waals surface area contributed by atoms with Gasteiger partial charge in [0.15, 0.2) is 0 Å². The summed E-state index contributed by atoms with van der Waals surface area (Å²) in [6.07, 6.45) is 1.11. The van der Waals surface area contributed by atoms with Crippen LogP contribution in [0.25, 0.3) is 11.4 Å². The molecule has 0 saturated carbocycles. The number of benzene rings is 1. The maximum atomic E-state index is 12.7. The molecule has 7 nitrogen and oxygen atoms in total. The molecule has 9 heteroatoms. The lowest BCUT2D eigenvalue weighted by Gasteiger charge is -2.09. The van der Waals surface area contributed by atoms with Crippen molar-refractivity contribution in [2.45, 2.75) is 26.7 Å². The van der Waals surface area contributed by atoms with Crippen molar-refractivity contribution in [1.29, 1.82) is 0 Å². The summed E-state index contributed by atoms with van der Waals surface area (Å²) >= 11 is 0. The molecule has 0 fully saturated rings. The average Bonchev–Trinajstić information content (AvgIpc) is 3.15. The Hall–Kier alpha value is -3.36. The molecule has 0 saturated heterocycles. The second-order valence-electron chi connectivity index (χ2n) is 5.95. The molecule has 3 aromatic rings. The zero-order chi connectivity index (χ0) is 20.1. The van der Waals surface area contributed by atoms with Crippen molar-refractivity contribution in [3.8, 4) is 23.0 Å². The van der Waals surface area contributed by atoms with Crippen LogP contribution in [0.2, 0.25) is 0 Å². The SMILES string of the molecule is COc1ccc(C/C=C/Oc2cc(C)c(-c3noc(C(F)F)n3)c(C)c2)nn1. The normalized spacial score (nSPS) is 11.4. The van der Waals surface area contributed by atoms with Gasteiger partial charge in [0.05, 0.1) is 19.1 Å². The number of alkyl halides is 2. The molecule has 2 heterocycles. The molecule has 0 bridgehead atoms. The first-order chi connectivity index (χ1) is 13.5. The van der Waals surface area contributed by atoms with Crippen LogP contribution in [0.4, 0.5) is 8.78 Å². The monoisotopic (exact) mass is 388 g/mol. The number of aryl methyl sites for hydroxylation is 2. The van der Waals surface area contributed by atoms with E-state index in [2.05, 4.69) is 24.9 Å². The quantitative estimate of drug-likeness (QED) is 0.560. The van der Waals surface area contributed by atoms with Gasteiger partial charge in [0, 0.05) is 18.1 Å². The van der Waals surface area contributed by atoms with E-state index in [0.29, 0.717) is 23.6 Å². The number of rotatable bonds is 7. The highest BCUT2D eigenvalue weighted by Gasteiger charge is 2.19. The first-order valence-corrected chi connectivity index (χ1v) is 8.39. The zero-order valence-corrected chi connectivity index (χ0v) is 15.5. The van der Waals surface area contributed by atoms with Crippen LogP contribution in [0, 0.1) is 13.8 Å². The standard InChI is InChI=1S/C19H18F2N4O3/c1-11-9-14(27-8-4-5-13-6-7-15(26-3)24-23-13)10-12(2)16(11)18-22-19(17(20)21)28-25-18/h4,6-10,17H,5H2,1-3H3/b8-4+. The van der Waals surface area contributed by atoms with E-state index in [-0.39, 0.29) is 5.82 Å². The smallest absolute Gasteiger partial charge is 0.315 e. The van der Waals surface area contributed by atoms with Crippen molar-refractivity contribution in [1.82, 2.24) is 20.3 Å². The molecule has 0 aliphatic carbocycles.